The molecule has 2 aromatic rings. The van der Waals surface area contributed by atoms with E-state index < -0.39 is 16.6 Å². The zero-order valence-corrected chi connectivity index (χ0v) is 22.5. The van der Waals surface area contributed by atoms with Gasteiger partial charge in [0.1, 0.15) is 11.7 Å². The quantitative estimate of drug-likeness (QED) is 0.667. The van der Waals surface area contributed by atoms with E-state index in [9.17, 15) is 9.90 Å². The Bertz CT molecular complexity index is 1210. The molecular formula is C30H38N2O5. The summed E-state index contributed by atoms with van der Waals surface area (Å²) in [6, 6.07) is 14.3. The maximum Gasteiger partial charge on any atom is 0.410 e. The van der Waals surface area contributed by atoms with Crippen molar-refractivity contribution in [3.05, 3.63) is 59.2 Å². The first-order valence-corrected chi connectivity index (χ1v) is 13.4. The van der Waals surface area contributed by atoms with Crippen molar-refractivity contribution < 1.29 is 24.1 Å². The summed E-state index contributed by atoms with van der Waals surface area (Å²) in [5.74, 6) is 1.48. The number of carbonyl (C=O) groups is 1. The van der Waals surface area contributed by atoms with Crippen LogP contribution in [0.1, 0.15) is 56.7 Å². The molecule has 7 heteroatoms. The number of piperidine rings is 1. The number of hydrogen-bond donors (Lipinski definition) is 1. The Balaban J connectivity index is 1.43. The van der Waals surface area contributed by atoms with Crippen LogP contribution in [0.4, 0.5) is 4.79 Å². The Labute approximate surface area is 219 Å². The lowest BCUT2D eigenvalue weighted by atomic mass is 9.48. The molecule has 2 aliphatic carbocycles. The molecule has 2 fully saturated rings. The summed E-state index contributed by atoms with van der Waals surface area (Å²) < 4.78 is 18.4. The summed E-state index contributed by atoms with van der Waals surface area (Å²) in [6.07, 6.45) is 1.97. The van der Waals surface area contributed by atoms with Gasteiger partial charge in [-0.25, -0.2) is 4.79 Å². The zero-order valence-electron chi connectivity index (χ0n) is 22.5. The van der Waals surface area contributed by atoms with Crippen molar-refractivity contribution in [1.29, 1.82) is 0 Å². The van der Waals surface area contributed by atoms with E-state index in [-0.39, 0.29) is 24.3 Å². The van der Waals surface area contributed by atoms with Crippen LogP contribution in [0.25, 0.3) is 0 Å². The summed E-state index contributed by atoms with van der Waals surface area (Å²) in [5.41, 5.74) is 1.16. The molecule has 2 bridgehead atoms. The third-order valence-corrected chi connectivity index (χ3v) is 9.10. The lowest BCUT2D eigenvalue weighted by Crippen LogP contribution is -2.78. The van der Waals surface area contributed by atoms with E-state index in [1.54, 1.807) is 12.0 Å². The van der Waals surface area contributed by atoms with E-state index in [1.165, 1.54) is 5.56 Å². The molecule has 5 atom stereocenters. The predicted molar refractivity (Wildman–Crippen MR) is 140 cm³/mol. The molecule has 0 radical (unpaired) electrons. The molecule has 198 valence electrons. The van der Waals surface area contributed by atoms with Crippen LogP contribution >= 0.6 is 0 Å². The van der Waals surface area contributed by atoms with E-state index in [0.29, 0.717) is 31.6 Å². The van der Waals surface area contributed by atoms with Crippen LogP contribution in [0, 0.1) is 0 Å². The number of benzene rings is 2. The highest BCUT2D eigenvalue weighted by Gasteiger charge is 2.74. The molecule has 2 heterocycles. The number of likely N-dealkylation sites (tertiary alicyclic amines) is 1. The van der Waals surface area contributed by atoms with Crippen LogP contribution in [0.15, 0.2) is 42.5 Å². The molecule has 4 aliphatic rings. The minimum Gasteiger partial charge on any atom is -0.493 e. The minimum absolute atomic E-state index is 0.109. The van der Waals surface area contributed by atoms with Gasteiger partial charge in [-0.05, 0) is 70.7 Å². The zero-order chi connectivity index (χ0) is 26.2. The second-order valence-electron chi connectivity index (χ2n) is 12.2. The highest BCUT2D eigenvalue weighted by Crippen LogP contribution is 2.66. The lowest BCUT2D eigenvalue weighted by Gasteiger charge is -2.64. The first kappa shape index (κ1) is 24.6. The molecular weight excluding hydrogens is 468 g/mol. The number of hydrogen-bond acceptors (Lipinski definition) is 6. The number of likely N-dealkylation sites (N-methyl/N-ethyl adjacent to an activating group) is 1. The molecule has 0 unspecified atom stereocenters. The molecule has 1 spiro atoms. The Hall–Kier alpha value is -2.77. The van der Waals surface area contributed by atoms with E-state index in [0.717, 1.165) is 29.8 Å². The summed E-state index contributed by atoms with van der Waals surface area (Å²) in [5, 5.41) is 12.7. The van der Waals surface area contributed by atoms with Crippen LogP contribution in [0.2, 0.25) is 0 Å². The van der Waals surface area contributed by atoms with Crippen LogP contribution < -0.4 is 9.47 Å². The molecule has 1 N–H and O–H groups in total. The number of carbonyl (C=O) groups excluding carboxylic acids is 1. The first-order chi connectivity index (χ1) is 17.6. The van der Waals surface area contributed by atoms with Gasteiger partial charge in [-0.1, -0.05) is 36.4 Å². The van der Waals surface area contributed by atoms with Crippen LogP contribution in [0.3, 0.4) is 0 Å². The van der Waals surface area contributed by atoms with Gasteiger partial charge in [-0.15, -0.1) is 0 Å². The summed E-state index contributed by atoms with van der Waals surface area (Å²) in [4.78, 5) is 17.5. The van der Waals surface area contributed by atoms with Crippen LogP contribution in [-0.4, -0.2) is 71.1 Å². The van der Waals surface area contributed by atoms with E-state index in [2.05, 4.69) is 42.3 Å². The SMILES string of the molecule is COc1ccc2c3c1O[C@H]1[C@H](N(C)Cc4ccccc4)CC[C@@]4(O)[C@@H](C2)N(C(=O)OC(C)(C)C)CC[C@]314. The normalized spacial score (nSPS) is 31.5. The van der Waals surface area contributed by atoms with Crippen LogP contribution in [0.5, 0.6) is 11.5 Å². The molecule has 6 rings (SSSR count). The average molecular weight is 507 g/mol. The summed E-state index contributed by atoms with van der Waals surface area (Å²) in [6.45, 7) is 6.97. The number of rotatable bonds is 4. The maximum absolute atomic E-state index is 13.3. The van der Waals surface area contributed by atoms with E-state index in [4.69, 9.17) is 14.2 Å². The Morgan fingerprint density at radius 3 is 2.65 bits per heavy atom. The Morgan fingerprint density at radius 1 is 1.19 bits per heavy atom. The van der Waals surface area contributed by atoms with Gasteiger partial charge in [0.2, 0.25) is 0 Å². The lowest BCUT2D eigenvalue weighted by molar-refractivity contribution is -0.195. The number of methoxy groups -OCH3 is 1. The fraction of sp³-hybridized carbons (Fsp3) is 0.567. The molecule has 1 saturated heterocycles. The molecule has 37 heavy (non-hydrogen) atoms. The number of ether oxygens (including phenoxy) is 3. The van der Waals surface area contributed by atoms with Gasteiger partial charge in [0.05, 0.1) is 24.2 Å². The fourth-order valence-corrected chi connectivity index (χ4v) is 7.65. The molecule has 2 aromatic carbocycles. The van der Waals surface area contributed by atoms with Gasteiger partial charge in [0.15, 0.2) is 11.5 Å². The molecule has 1 amide bonds. The van der Waals surface area contributed by atoms with Gasteiger partial charge in [0.25, 0.3) is 0 Å². The second kappa shape index (κ2) is 8.37. The standard InChI is InChI=1S/C30H38N2O5/c1-28(2,3)37-27(33)32-16-15-29-24-20-11-12-22(35-5)25(24)36-26(29)21(13-14-30(29,34)23(32)17-20)31(4)18-19-9-7-6-8-10-19/h6-12,21,23,26,34H,13-18H2,1-5H3/t21-,23-,26+,29+,30-/m1/s1. The Morgan fingerprint density at radius 2 is 1.95 bits per heavy atom. The first-order valence-electron chi connectivity index (χ1n) is 13.4. The van der Waals surface area contributed by atoms with Gasteiger partial charge in [-0.2, -0.15) is 0 Å². The summed E-state index contributed by atoms with van der Waals surface area (Å²) >= 11 is 0. The number of nitrogens with zero attached hydrogens (tertiary/aromatic N) is 2. The van der Waals surface area contributed by atoms with Crippen molar-refractivity contribution in [3.8, 4) is 11.5 Å². The van der Waals surface area contributed by atoms with Crippen molar-refractivity contribution in [2.24, 2.45) is 0 Å². The molecule has 7 nitrogen and oxygen atoms in total. The molecule has 1 saturated carbocycles. The monoisotopic (exact) mass is 506 g/mol. The smallest absolute Gasteiger partial charge is 0.410 e. The van der Waals surface area contributed by atoms with E-state index >= 15 is 0 Å². The van der Waals surface area contributed by atoms with Gasteiger partial charge in [0, 0.05) is 24.7 Å². The molecule has 0 aromatic heterocycles. The second-order valence-corrected chi connectivity index (χ2v) is 12.2. The highest BCUT2D eigenvalue weighted by molar-refractivity contribution is 5.71. The van der Waals surface area contributed by atoms with Gasteiger partial charge >= 0.3 is 6.09 Å². The largest absolute Gasteiger partial charge is 0.493 e. The highest BCUT2D eigenvalue weighted by atomic mass is 16.6. The Kier molecular flexibility index (Phi) is 5.55. The van der Waals surface area contributed by atoms with Gasteiger partial charge in [-0.3, -0.25) is 4.90 Å². The third kappa shape index (κ3) is 3.50. The topological polar surface area (TPSA) is 71.5 Å². The predicted octanol–water partition coefficient (Wildman–Crippen LogP) is 4.29. The third-order valence-electron chi connectivity index (χ3n) is 9.10. The number of aliphatic hydroxyl groups is 1. The maximum atomic E-state index is 13.3. The number of amides is 1. The van der Waals surface area contributed by atoms with Crippen molar-refractivity contribution >= 4 is 6.09 Å². The average Bonchev–Trinajstić information content (AvgIpc) is 3.18. The van der Waals surface area contributed by atoms with E-state index in [1.807, 2.05) is 32.9 Å². The van der Waals surface area contributed by atoms with Crippen LogP contribution in [-0.2, 0) is 23.1 Å². The van der Waals surface area contributed by atoms with Crippen molar-refractivity contribution in [2.75, 3.05) is 20.7 Å². The molecule has 2 aliphatic heterocycles. The van der Waals surface area contributed by atoms with Crippen molar-refractivity contribution in [2.45, 2.75) is 87.8 Å². The van der Waals surface area contributed by atoms with Gasteiger partial charge < -0.3 is 24.2 Å². The van der Waals surface area contributed by atoms with Crippen molar-refractivity contribution in [3.63, 3.8) is 0 Å². The summed E-state index contributed by atoms with van der Waals surface area (Å²) in [7, 11) is 3.82. The fourth-order valence-electron chi connectivity index (χ4n) is 7.65. The van der Waals surface area contributed by atoms with Crippen molar-refractivity contribution in [1.82, 2.24) is 9.80 Å². The minimum atomic E-state index is -1.11.